The van der Waals surface area contributed by atoms with Gasteiger partial charge in [-0.1, -0.05) is 31.2 Å². The van der Waals surface area contributed by atoms with Crippen molar-refractivity contribution < 1.29 is 0 Å². The molecule has 0 amide bonds. The lowest BCUT2D eigenvalue weighted by molar-refractivity contribution is 0.329. The summed E-state index contributed by atoms with van der Waals surface area (Å²) in [6, 6.07) is 9.30. The second-order valence-corrected chi connectivity index (χ2v) is 7.35. The highest BCUT2D eigenvalue weighted by Crippen LogP contribution is 2.23. The van der Waals surface area contributed by atoms with Crippen molar-refractivity contribution in [2.24, 2.45) is 10.9 Å². The van der Waals surface area contributed by atoms with Gasteiger partial charge in [-0.2, -0.15) is 0 Å². The molecule has 0 bridgehead atoms. The van der Waals surface area contributed by atoms with Crippen LogP contribution in [0, 0.1) is 5.92 Å². The molecule has 134 valence electrons. The summed E-state index contributed by atoms with van der Waals surface area (Å²) in [6.07, 6.45) is 5.15. The zero-order valence-corrected chi connectivity index (χ0v) is 15.8. The van der Waals surface area contributed by atoms with Crippen LogP contribution in [0.2, 0.25) is 0 Å². The van der Waals surface area contributed by atoms with Crippen molar-refractivity contribution in [3.63, 3.8) is 0 Å². The number of nitrogens with one attached hydrogen (secondary N) is 2. The van der Waals surface area contributed by atoms with Gasteiger partial charge in [-0.25, -0.2) is 4.99 Å². The molecule has 1 aromatic carbocycles. The third kappa shape index (κ3) is 6.52. The van der Waals surface area contributed by atoms with Crippen LogP contribution in [0.5, 0.6) is 0 Å². The van der Waals surface area contributed by atoms with Gasteiger partial charge in [0.2, 0.25) is 0 Å². The van der Waals surface area contributed by atoms with Crippen LogP contribution in [0.15, 0.2) is 29.3 Å². The van der Waals surface area contributed by atoms with Crippen molar-refractivity contribution in [2.45, 2.75) is 58.7 Å². The van der Waals surface area contributed by atoms with Crippen LogP contribution >= 0.6 is 0 Å². The zero-order chi connectivity index (χ0) is 17.4. The molecule has 1 saturated carbocycles. The lowest BCUT2D eigenvalue weighted by atomic mass is 9.87. The number of aliphatic imine (C=N–C) groups is 1. The first-order chi connectivity index (χ1) is 11.6. The molecule has 1 aromatic rings. The first-order valence-corrected chi connectivity index (χ1v) is 9.34. The first-order valence-electron chi connectivity index (χ1n) is 9.34. The summed E-state index contributed by atoms with van der Waals surface area (Å²) in [5.41, 5.74) is 2.61. The minimum Gasteiger partial charge on any atom is -0.357 e. The highest BCUT2D eigenvalue weighted by Gasteiger charge is 2.18. The van der Waals surface area contributed by atoms with Crippen molar-refractivity contribution in [1.29, 1.82) is 0 Å². The predicted molar refractivity (Wildman–Crippen MR) is 103 cm³/mol. The summed E-state index contributed by atoms with van der Waals surface area (Å²) >= 11 is 0. The number of nitrogens with zero attached hydrogens (tertiary/aromatic N) is 2. The van der Waals surface area contributed by atoms with E-state index < -0.39 is 0 Å². The fourth-order valence-electron chi connectivity index (χ4n) is 3.28. The van der Waals surface area contributed by atoms with E-state index in [1.807, 2.05) is 0 Å². The maximum absolute atomic E-state index is 4.80. The Morgan fingerprint density at radius 2 is 1.88 bits per heavy atom. The molecule has 0 saturated heterocycles. The van der Waals surface area contributed by atoms with E-state index in [1.165, 1.54) is 36.8 Å². The van der Waals surface area contributed by atoms with Gasteiger partial charge >= 0.3 is 0 Å². The van der Waals surface area contributed by atoms with Crippen molar-refractivity contribution in [2.75, 3.05) is 20.6 Å². The molecule has 2 rings (SSSR count). The Hall–Kier alpha value is -1.55. The van der Waals surface area contributed by atoms with Gasteiger partial charge in [0.15, 0.2) is 5.96 Å². The molecule has 4 heteroatoms. The lowest BCUT2D eigenvalue weighted by Gasteiger charge is -2.28. The number of hydrogen-bond acceptors (Lipinski definition) is 2. The number of guanidine groups is 1. The summed E-state index contributed by atoms with van der Waals surface area (Å²) in [5, 5.41) is 7.01. The highest BCUT2D eigenvalue weighted by atomic mass is 15.2. The summed E-state index contributed by atoms with van der Waals surface area (Å²) in [4.78, 5) is 6.99. The molecule has 0 atom stereocenters. The molecular weight excluding hydrogens is 296 g/mol. The molecular formula is C20H34N4. The molecule has 1 fully saturated rings. The number of benzene rings is 1. The molecule has 0 aromatic heterocycles. The predicted octanol–water partition coefficient (Wildman–Crippen LogP) is 3.38. The zero-order valence-electron chi connectivity index (χ0n) is 15.8. The van der Waals surface area contributed by atoms with E-state index in [0.717, 1.165) is 31.5 Å². The van der Waals surface area contributed by atoms with E-state index in [0.29, 0.717) is 6.04 Å². The van der Waals surface area contributed by atoms with Gasteiger partial charge in [-0.05, 0) is 63.7 Å². The average Bonchev–Trinajstić information content (AvgIpc) is 2.55. The van der Waals surface area contributed by atoms with Gasteiger partial charge in [-0.15, -0.1) is 0 Å². The Morgan fingerprint density at radius 3 is 2.54 bits per heavy atom. The Balaban J connectivity index is 1.95. The SMILES string of the molecule is CCNC(=NCc1cccc(CN(C)C)c1)NC1CCC(C)CC1. The third-order valence-electron chi connectivity index (χ3n) is 4.61. The molecule has 1 aliphatic rings. The Bertz CT molecular complexity index is 516. The molecule has 0 radical (unpaired) electrons. The Kier molecular flexibility index (Phi) is 7.57. The summed E-state index contributed by atoms with van der Waals surface area (Å²) in [5.74, 6) is 1.83. The van der Waals surface area contributed by atoms with E-state index in [1.54, 1.807) is 0 Å². The van der Waals surface area contributed by atoms with Crippen LogP contribution in [-0.4, -0.2) is 37.5 Å². The number of rotatable bonds is 6. The van der Waals surface area contributed by atoms with Gasteiger partial charge < -0.3 is 15.5 Å². The second kappa shape index (κ2) is 9.67. The van der Waals surface area contributed by atoms with Crippen molar-refractivity contribution in [3.8, 4) is 0 Å². The van der Waals surface area contributed by atoms with Crippen LogP contribution in [0.4, 0.5) is 0 Å². The van der Waals surface area contributed by atoms with Crippen molar-refractivity contribution >= 4 is 5.96 Å². The summed E-state index contributed by atoms with van der Waals surface area (Å²) in [6.45, 7) is 7.07. The fourth-order valence-corrected chi connectivity index (χ4v) is 3.28. The van der Waals surface area contributed by atoms with Crippen LogP contribution in [0.1, 0.15) is 50.7 Å². The molecule has 2 N–H and O–H groups in total. The molecule has 0 spiro atoms. The van der Waals surface area contributed by atoms with Crippen molar-refractivity contribution in [3.05, 3.63) is 35.4 Å². The van der Waals surface area contributed by atoms with E-state index in [2.05, 4.69) is 67.7 Å². The maximum atomic E-state index is 4.80. The standard InChI is InChI=1S/C20H34N4/c1-5-21-20(23-19-11-9-16(2)10-12-19)22-14-17-7-6-8-18(13-17)15-24(3)4/h6-8,13,16,19H,5,9-12,14-15H2,1-4H3,(H2,21,22,23). The van der Waals surface area contributed by atoms with Gasteiger partial charge in [0, 0.05) is 19.1 Å². The quantitative estimate of drug-likeness (QED) is 0.620. The van der Waals surface area contributed by atoms with E-state index >= 15 is 0 Å². The largest absolute Gasteiger partial charge is 0.357 e. The third-order valence-corrected chi connectivity index (χ3v) is 4.61. The monoisotopic (exact) mass is 330 g/mol. The lowest BCUT2D eigenvalue weighted by Crippen LogP contribution is -2.44. The first kappa shape index (κ1) is 18.8. The topological polar surface area (TPSA) is 39.7 Å². The fraction of sp³-hybridized carbons (Fsp3) is 0.650. The smallest absolute Gasteiger partial charge is 0.191 e. The minimum absolute atomic E-state index is 0.569. The van der Waals surface area contributed by atoms with Crippen LogP contribution in [0.25, 0.3) is 0 Å². The van der Waals surface area contributed by atoms with Crippen LogP contribution in [0.3, 0.4) is 0 Å². The maximum Gasteiger partial charge on any atom is 0.191 e. The van der Waals surface area contributed by atoms with Crippen molar-refractivity contribution in [1.82, 2.24) is 15.5 Å². The molecule has 4 nitrogen and oxygen atoms in total. The normalized spacial score (nSPS) is 21.8. The highest BCUT2D eigenvalue weighted by molar-refractivity contribution is 5.80. The molecule has 1 aliphatic carbocycles. The molecule has 24 heavy (non-hydrogen) atoms. The minimum atomic E-state index is 0.569. The van der Waals surface area contributed by atoms with Crippen LogP contribution in [-0.2, 0) is 13.1 Å². The molecule has 0 aliphatic heterocycles. The van der Waals surface area contributed by atoms with Gasteiger partial charge in [0.25, 0.3) is 0 Å². The van der Waals surface area contributed by atoms with Gasteiger partial charge in [0.1, 0.15) is 0 Å². The molecule has 0 unspecified atom stereocenters. The van der Waals surface area contributed by atoms with Gasteiger partial charge in [0.05, 0.1) is 6.54 Å². The van der Waals surface area contributed by atoms with E-state index in [4.69, 9.17) is 4.99 Å². The Morgan fingerprint density at radius 1 is 1.17 bits per heavy atom. The van der Waals surface area contributed by atoms with Crippen LogP contribution < -0.4 is 10.6 Å². The number of hydrogen-bond donors (Lipinski definition) is 2. The molecule has 0 heterocycles. The average molecular weight is 331 g/mol. The summed E-state index contributed by atoms with van der Waals surface area (Å²) < 4.78 is 0. The van der Waals surface area contributed by atoms with E-state index in [-0.39, 0.29) is 0 Å². The van der Waals surface area contributed by atoms with Gasteiger partial charge in [-0.3, -0.25) is 0 Å². The summed E-state index contributed by atoms with van der Waals surface area (Å²) in [7, 11) is 4.20. The second-order valence-electron chi connectivity index (χ2n) is 7.35. The Labute approximate surface area is 147 Å². The van der Waals surface area contributed by atoms with E-state index in [9.17, 15) is 0 Å².